The molecule has 0 unspecified atom stereocenters. The van der Waals surface area contributed by atoms with Gasteiger partial charge in [0.05, 0.1) is 6.54 Å². The van der Waals surface area contributed by atoms with E-state index in [0.717, 1.165) is 24.4 Å². The largest absolute Gasteiger partial charge is 0.507 e. The van der Waals surface area contributed by atoms with Gasteiger partial charge < -0.3 is 16.2 Å². The standard InChI is InChI=1S/C12H19N3O/c1-10(15-9-8-14-7-6-13)11-4-2-3-5-12(11)16/h2-5,14,16H,6-9,13H2,1H3. The van der Waals surface area contributed by atoms with Crippen molar-refractivity contribution in [3.8, 4) is 5.75 Å². The molecule has 0 aliphatic rings. The zero-order valence-corrected chi connectivity index (χ0v) is 9.61. The molecule has 16 heavy (non-hydrogen) atoms. The Morgan fingerprint density at radius 2 is 2.12 bits per heavy atom. The van der Waals surface area contributed by atoms with Crippen molar-refractivity contribution in [2.24, 2.45) is 10.7 Å². The molecule has 0 aliphatic carbocycles. The van der Waals surface area contributed by atoms with E-state index in [0.29, 0.717) is 13.1 Å². The minimum absolute atomic E-state index is 0.277. The summed E-state index contributed by atoms with van der Waals surface area (Å²) in [5, 5.41) is 12.8. The van der Waals surface area contributed by atoms with Crippen molar-refractivity contribution in [2.75, 3.05) is 26.2 Å². The Labute approximate surface area is 96.2 Å². The van der Waals surface area contributed by atoms with Gasteiger partial charge in [-0.05, 0) is 19.1 Å². The maximum absolute atomic E-state index is 9.61. The molecule has 4 N–H and O–H groups in total. The Hall–Kier alpha value is -1.39. The minimum Gasteiger partial charge on any atom is -0.507 e. The first kappa shape index (κ1) is 12.7. The Kier molecular flexibility index (Phi) is 5.53. The molecule has 1 aromatic carbocycles. The summed E-state index contributed by atoms with van der Waals surface area (Å²) in [7, 11) is 0. The maximum atomic E-state index is 9.61. The Morgan fingerprint density at radius 1 is 1.38 bits per heavy atom. The van der Waals surface area contributed by atoms with Gasteiger partial charge in [0.25, 0.3) is 0 Å². The summed E-state index contributed by atoms with van der Waals surface area (Å²) in [5.41, 5.74) is 7.00. The molecule has 0 fully saturated rings. The molecule has 1 aromatic rings. The number of aromatic hydroxyl groups is 1. The number of nitrogens with two attached hydrogens (primary N) is 1. The van der Waals surface area contributed by atoms with Gasteiger partial charge in [0, 0.05) is 30.9 Å². The van der Waals surface area contributed by atoms with Crippen molar-refractivity contribution in [1.82, 2.24) is 5.32 Å². The number of aliphatic imine (C=N–C) groups is 1. The lowest BCUT2D eigenvalue weighted by Gasteiger charge is -2.04. The summed E-state index contributed by atoms with van der Waals surface area (Å²) >= 11 is 0. The van der Waals surface area contributed by atoms with Crippen LogP contribution in [0.2, 0.25) is 0 Å². The molecule has 0 bridgehead atoms. The molecule has 4 heteroatoms. The SMILES string of the molecule is CC(=NCCNCCN)c1ccccc1O. The minimum atomic E-state index is 0.277. The van der Waals surface area contributed by atoms with Gasteiger partial charge in [-0.25, -0.2) is 0 Å². The molecule has 88 valence electrons. The van der Waals surface area contributed by atoms with Crippen LogP contribution in [0.1, 0.15) is 12.5 Å². The topological polar surface area (TPSA) is 70.6 Å². The average Bonchev–Trinajstić information content (AvgIpc) is 2.29. The normalized spacial score (nSPS) is 11.8. The molecule has 0 atom stereocenters. The molecule has 0 radical (unpaired) electrons. The van der Waals surface area contributed by atoms with Crippen molar-refractivity contribution < 1.29 is 5.11 Å². The highest BCUT2D eigenvalue weighted by Gasteiger charge is 2.01. The molecule has 4 nitrogen and oxygen atoms in total. The highest BCUT2D eigenvalue weighted by molar-refractivity contribution is 6.00. The lowest BCUT2D eigenvalue weighted by Crippen LogP contribution is -2.25. The fourth-order valence-electron chi connectivity index (χ4n) is 1.39. The van der Waals surface area contributed by atoms with Crippen LogP contribution in [0.5, 0.6) is 5.75 Å². The number of para-hydroxylation sites is 1. The zero-order chi connectivity index (χ0) is 11.8. The van der Waals surface area contributed by atoms with Crippen LogP contribution in [0.4, 0.5) is 0 Å². The number of nitrogens with one attached hydrogen (secondary N) is 1. The molecule has 0 saturated heterocycles. The third-order valence-corrected chi connectivity index (χ3v) is 2.25. The second-order valence-electron chi connectivity index (χ2n) is 3.52. The van der Waals surface area contributed by atoms with E-state index in [1.807, 2.05) is 19.1 Å². The Morgan fingerprint density at radius 3 is 2.81 bits per heavy atom. The monoisotopic (exact) mass is 221 g/mol. The van der Waals surface area contributed by atoms with E-state index in [1.165, 1.54) is 0 Å². The number of hydrogen-bond donors (Lipinski definition) is 3. The van der Waals surface area contributed by atoms with Gasteiger partial charge in [-0.15, -0.1) is 0 Å². The summed E-state index contributed by atoms with van der Waals surface area (Å²) < 4.78 is 0. The predicted octanol–water partition coefficient (Wildman–Crippen LogP) is 0.750. The third kappa shape index (κ3) is 4.00. The van der Waals surface area contributed by atoms with Crippen molar-refractivity contribution in [3.05, 3.63) is 29.8 Å². The van der Waals surface area contributed by atoms with Gasteiger partial charge in [0.15, 0.2) is 0 Å². The lowest BCUT2D eigenvalue weighted by atomic mass is 10.1. The smallest absolute Gasteiger partial charge is 0.124 e. The van der Waals surface area contributed by atoms with Crippen LogP contribution >= 0.6 is 0 Å². The van der Waals surface area contributed by atoms with Crippen LogP contribution in [-0.4, -0.2) is 37.0 Å². The number of benzene rings is 1. The molecule has 0 amide bonds. The van der Waals surface area contributed by atoms with E-state index in [9.17, 15) is 5.11 Å². The van der Waals surface area contributed by atoms with E-state index in [4.69, 9.17) is 5.73 Å². The quantitative estimate of drug-likeness (QED) is 0.490. The van der Waals surface area contributed by atoms with Gasteiger partial charge in [-0.2, -0.15) is 0 Å². The van der Waals surface area contributed by atoms with Gasteiger partial charge in [-0.3, -0.25) is 4.99 Å². The maximum Gasteiger partial charge on any atom is 0.124 e. The van der Waals surface area contributed by atoms with Crippen LogP contribution < -0.4 is 11.1 Å². The molecule has 0 aliphatic heterocycles. The van der Waals surface area contributed by atoms with Crippen LogP contribution in [-0.2, 0) is 0 Å². The van der Waals surface area contributed by atoms with Crippen molar-refractivity contribution in [2.45, 2.75) is 6.92 Å². The molecular weight excluding hydrogens is 202 g/mol. The van der Waals surface area contributed by atoms with Gasteiger partial charge in [0.1, 0.15) is 5.75 Å². The summed E-state index contributed by atoms with van der Waals surface area (Å²) in [6.45, 7) is 4.85. The zero-order valence-electron chi connectivity index (χ0n) is 9.61. The second-order valence-corrected chi connectivity index (χ2v) is 3.52. The Balaban J connectivity index is 2.47. The van der Waals surface area contributed by atoms with Crippen LogP contribution in [0, 0.1) is 0 Å². The van der Waals surface area contributed by atoms with Crippen molar-refractivity contribution >= 4 is 5.71 Å². The first-order valence-electron chi connectivity index (χ1n) is 5.46. The van der Waals surface area contributed by atoms with Crippen LogP contribution in [0.15, 0.2) is 29.3 Å². The average molecular weight is 221 g/mol. The van der Waals surface area contributed by atoms with E-state index in [1.54, 1.807) is 12.1 Å². The summed E-state index contributed by atoms with van der Waals surface area (Å²) in [4.78, 5) is 4.38. The molecule has 0 heterocycles. The van der Waals surface area contributed by atoms with Gasteiger partial charge in [0.2, 0.25) is 0 Å². The third-order valence-electron chi connectivity index (χ3n) is 2.25. The van der Waals surface area contributed by atoms with Crippen molar-refractivity contribution in [1.29, 1.82) is 0 Å². The number of nitrogens with zero attached hydrogens (tertiary/aromatic N) is 1. The fraction of sp³-hybridized carbons (Fsp3) is 0.417. The number of hydrogen-bond acceptors (Lipinski definition) is 4. The van der Waals surface area contributed by atoms with E-state index >= 15 is 0 Å². The lowest BCUT2D eigenvalue weighted by molar-refractivity contribution is 0.474. The highest BCUT2D eigenvalue weighted by Crippen LogP contribution is 2.16. The summed E-state index contributed by atoms with van der Waals surface area (Å²) in [6, 6.07) is 7.22. The predicted molar refractivity (Wildman–Crippen MR) is 67.1 cm³/mol. The first-order chi connectivity index (χ1) is 7.75. The summed E-state index contributed by atoms with van der Waals surface area (Å²) in [6.07, 6.45) is 0. The fourth-order valence-corrected chi connectivity index (χ4v) is 1.39. The highest BCUT2D eigenvalue weighted by atomic mass is 16.3. The first-order valence-corrected chi connectivity index (χ1v) is 5.46. The van der Waals surface area contributed by atoms with E-state index < -0.39 is 0 Å². The van der Waals surface area contributed by atoms with Gasteiger partial charge in [-0.1, -0.05) is 12.1 Å². The molecule has 0 spiro atoms. The number of rotatable bonds is 6. The Bertz CT molecular complexity index is 350. The molecule has 0 saturated carbocycles. The van der Waals surface area contributed by atoms with Crippen LogP contribution in [0.25, 0.3) is 0 Å². The van der Waals surface area contributed by atoms with Crippen LogP contribution in [0.3, 0.4) is 0 Å². The molecular formula is C12H19N3O. The molecule has 0 aromatic heterocycles. The second kappa shape index (κ2) is 6.98. The molecule has 1 rings (SSSR count). The number of phenols is 1. The van der Waals surface area contributed by atoms with E-state index in [2.05, 4.69) is 10.3 Å². The summed E-state index contributed by atoms with van der Waals surface area (Å²) in [5.74, 6) is 0.277. The number of phenolic OH excluding ortho intramolecular Hbond substituents is 1. The van der Waals surface area contributed by atoms with E-state index in [-0.39, 0.29) is 5.75 Å². The van der Waals surface area contributed by atoms with Crippen molar-refractivity contribution in [3.63, 3.8) is 0 Å². The van der Waals surface area contributed by atoms with Gasteiger partial charge >= 0.3 is 0 Å².